The lowest BCUT2D eigenvalue weighted by molar-refractivity contribution is -0.903. The molecule has 4 nitrogen and oxygen atoms in total. The van der Waals surface area contributed by atoms with E-state index in [9.17, 15) is 5.11 Å². The van der Waals surface area contributed by atoms with Crippen molar-refractivity contribution in [1.82, 2.24) is 0 Å². The van der Waals surface area contributed by atoms with Crippen LogP contribution in [0.1, 0.15) is 5.56 Å². The van der Waals surface area contributed by atoms with Crippen molar-refractivity contribution in [3.8, 4) is 5.75 Å². The number of para-hydroxylation sites is 1. The lowest BCUT2D eigenvalue weighted by atomic mass is 10.1. The van der Waals surface area contributed by atoms with Gasteiger partial charge < -0.3 is 19.6 Å². The molecule has 2 aromatic carbocycles. The van der Waals surface area contributed by atoms with E-state index in [4.69, 9.17) is 16.3 Å². The Labute approximate surface area is 166 Å². The van der Waals surface area contributed by atoms with Gasteiger partial charge in [0.15, 0.2) is 0 Å². The van der Waals surface area contributed by atoms with E-state index in [1.165, 1.54) is 10.6 Å². The van der Waals surface area contributed by atoms with Gasteiger partial charge in [-0.3, -0.25) is 0 Å². The number of hydrogen-bond donors (Lipinski definition) is 2. The number of nitrogens with one attached hydrogen (secondary N) is 1. The molecule has 2 aromatic rings. The Morgan fingerprint density at radius 1 is 1.19 bits per heavy atom. The molecule has 144 valence electrons. The Morgan fingerprint density at radius 3 is 2.70 bits per heavy atom. The number of aliphatic hydroxyl groups excluding tert-OH is 1. The van der Waals surface area contributed by atoms with Gasteiger partial charge in [-0.05, 0) is 36.2 Å². The SMILES string of the molecule is C=CCc1ccccc1OC[C@H](O)C[NH+]1CCN(c2cccc(Cl)c2)CC1. The summed E-state index contributed by atoms with van der Waals surface area (Å²) in [6.07, 6.45) is 2.15. The molecule has 1 heterocycles. The topological polar surface area (TPSA) is 37.1 Å². The van der Waals surface area contributed by atoms with Gasteiger partial charge in [0, 0.05) is 10.7 Å². The first-order valence-electron chi connectivity index (χ1n) is 9.49. The van der Waals surface area contributed by atoms with E-state index in [1.54, 1.807) is 0 Å². The third kappa shape index (κ3) is 5.73. The standard InChI is InChI=1S/C22H27ClN2O2/c1-2-6-18-7-3-4-10-22(18)27-17-21(26)16-24-11-13-25(14-12-24)20-9-5-8-19(23)15-20/h2-5,7-10,15,21,26H,1,6,11-14,16-17H2/p+1/t21-/m1/s1. The predicted octanol–water partition coefficient (Wildman–Crippen LogP) is 2.21. The molecule has 1 saturated heterocycles. The molecule has 0 spiro atoms. The maximum atomic E-state index is 10.4. The number of benzene rings is 2. The van der Waals surface area contributed by atoms with Gasteiger partial charge >= 0.3 is 0 Å². The molecule has 1 atom stereocenters. The highest BCUT2D eigenvalue weighted by molar-refractivity contribution is 6.30. The first-order chi connectivity index (χ1) is 13.2. The summed E-state index contributed by atoms with van der Waals surface area (Å²) in [6.45, 7) is 8.72. The first kappa shape index (κ1) is 19.7. The summed E-state index contributed by atoms with van der Waals surface area (Å²) in [6, 6.07) is 15.9. The van der Waals surface area contributed by atoms with E-state index in [1.807, 2.05) is 48.5 Å². The summed E-state index contributed by atoms with van der Waals surface area (Å²) in [7, 11) is 0. The number of allylic oxidation sites excluding steroid dienone is 1. The van der Waals surface area contributed by atoms with Crippen molar-refractivity contribution >= 4 is 17.3 Å². The molecule has 5 heteroatoms. The summed E-state index contributed by atoms with van der Waals surface area (Å²) in [5.41, 5.74) is 2.27. The number of quaternary nitrogens is 1. The highest BCUT2D eigenvalue weighted by Crippen LogP contribution is 2.20. The zero-order chi connectivity index (χ0) is 19.1. The van der Waals surface area contributed by atoms with Crippen LogP contribution >= 0.6 is 11.6 Å². The number of piperazine rings is 1. The van der Waals surface area contributed by atoms with E-state index in [-0.39, 0.29) is 0 Å². The van der Waals surface area contributed by atoms with E-state index in [0.29, 0.717) is 13.2 Å². The second-order valence-corrected chi connectivity index (χ2v) is 7.42. The summed E-state index contributed by atoms with van der Waals surface area (Å²) in [4.78, 5) is 3.76. The Morgan fingerprint density at radius 2 is 1.96 bits per heavy atom. The molecule has 27 heavy (non-hydrogen) atoms. The van der Waals surface area contributed by atoms with Gasteiger partial charge in [-0.2, -0.15) is 0 Å². The molecule has 1 fully saturated rings. The third-order valence-corrected chi connectivity index (χ3v) is 5.17. The van der Waals surface area contributed by atoms with Crippen molar-refractivity contribution in [1.29, 1.82) is 0 Å². The minimum Gasteiger partial charge on any atom is -0.490 e. The average Bonchev–Trinajstić information content (AvgIpc) is 2.68. The van der Waals surface area contributed by atoms with E-state index >= 15 is 0 Å². The van der Waals surface area contributed by atoms with Gasteiger partial charge in [0.1, 0.15) is 25.0 Å². The number of ether oxygens (including phenoxy) is 1. The molecule has 1 aliphatic heterocycles. The summed E-state index contributed by atoms with van der Waals surface area (Å²) in [5.74, 6) is 0.831. The van der Waals surface area contributed by atoms with Crippen LogP contribution in [0.2, 0.25) is 5.02 Å². The zero-order valence-electron chi connectivity index (χ0n) is 15.6. The van der Waals surface area contributed by atoms with Crippen LogP contribution in [0.4, 0.5) is 5.69 Å². The molecule has 0 amide bonds. The van der Waals surface area contributed by atoms with Crippen LogP contribution in [0.5, 0.6) is 5.75 Å². The maximum absolute atomic E-state index is 10.4. The number of rotatable bonds is 8. The van der Waals surface area contributed by atoms with Crippen LogP contribution in [0.25, 0.3) is 0 Å². The van der Waals surface area contributed by atoms with Crippen LogP contribution < -0.4 is 14.5 Å². The number of anilines is 1. The van der Waals surface area contributed by atoms with Crippen molar-refractivity contribution in [2.75, 3.05) is 44.2 Å². The number of nitrogens with zero attached hydrogens (tertiary/aromatic N) is 1. The molecule has 1 aliphatic rings. The summed E-state index contributed by atoms with van der Waals surface area (Å²) < 4.78 is 5.86. The second kappa shape index (κ2) is 9.79. The fraction of sp³-hybridized carbons (Fsp3) is 0.364. The lowest BCUT2D eigenvalue weighted by Gasteiger charge is -2.34. The quantitative estimate of drug-likeness (QED) is 0.682. The van der Waals surface area contributed by atoms with Crippen molar-refractivity contribution in [3.63, 3.8) is 0 Å². The molecular formula is C22H28ClN2O2+. The monoisotopic (exact) mass is 387 g/mol. The van der Waals surface area contributed by atoms with Crippen LogP contribution in [0.15, 0.2) is 61.2 Å². The Kier molecular flexibility index (Phi) is 7.16. The minimum absolute atomic E-state index is 0.315. The molecule has 0 saturated carbocycles. The first-order valence-corrected chi connectivity index (χ1v) is 9.87. The van der Waals surface area contributed by atoms with Crippen LogP contribution in [-0.2, 0) is 6.42 Å². The van der Waals surface area contributed by atoms with Crippen molar-refractivity contribution in [2.24, 2.45) is 0 Å². The normalized spacial score (nSPS) is 16.1. The molecule has 0 aromatic heterocycles. The molecule has 2 N–H and O–H groups in total. The molecular weight excluding hydrogens is 360 g/mol. The van der Waals surface area contributed by atoms with Gasteiger partial charge in [0.25, 0.3) is 0 Å². The van der Waals surface area contributed by atoms with Crippen LogP contribution in [-0.4, -0.2) is 50.5 Å². The number of hydrogen-bond acceptors (Lipinski definition) is 3. The highest BCUT2D eigenvalue weighted by atomic mass is 35.5. The van der Waals surface area contributed by atoms with Crippen LogP contribution in [0.3, 0.4) is 0 Å². The molecule has 0 radical (unpaired) electrons. The highest BCUT2D eigenvalue weighted by Gasteiger charge is 2.23. The zero-order valence-corrected chi connectivity index (χ0v) is 16.4. The maximum Gasteiger partial charge on any atom is 0.137 e. The molecule has 0 unspecified atom stereocenters. The predicted molar refractivity (Wildman–Crippen MR) is 111 cm³/mol. The Hall–Kier alpha value is -2.01. The fourth-order valence-electron chi connectivity index (χ4n) is 3.50. The molecule has 0 bridgehead atoms. The van der Waals surface area contributed by atoms with Crippen molar-refractivity contribution in [2.45, 2.75) is 12.5 Å². The number of halogens is 1. The third-order valence-electron chi connectivity index (χ3n) is 4.94. The van der Waals surface area contributed by atoms with Crippen molar-refractivity contribution in [3.05, 3.63) is 71.8 Å². The van der Waals surface area contributed by atoms with E-state index in [2.05, 4.69) is 17.5 Å². The molecule has 3 rings (SSSR count). The van der Waals surface area contributed by atoms with Gasteiger partial charge in [0.2, 0.25) is 0 Å². The largest absolute Gasteiger partial charge is 0.490 e. The van der Waals surface area contributed by atoms with Gasteiger partial charge in [-0.15, -0.1) is 6.58 Å². The number of aliphatic hydroxyl groups is 1. The molecule has 0 aliphatic carbocycles. The second-order valence-electron chi connectivity index (χ2n) is 6.99. The smallest absolute Gasteiger partial charge is 0.137 e. The fourth-order valence-corrected chi connectivity index (χ4v) is 3.69. The lowest BCUT2D eigenvalue weighted by Crippen LogP contribution is -3.16. The summed E-state index contributed by atoms with van der Waals surface area (Å²) >= 11 is 6.09. The minimum atomic E-state index is -0.477. The van der Waals surface area contributed by atoms with Crippen molar-refractivity contribution < 1.29 is 14.7 Å². The average molecular weight is 388 g/mol. The van der Waals surface area contributed by atoms with E-state index in [0.717, 1.165) is 48.9 Å². The Balaban J connectivity index is 1.44. The van der Waals surface area contributed by atoms with Gasteiger partial charge in [-0.25, -0.2) is 0 Å². The van der Waals surface area contributed by atoms with Gasteiger partial charge in [-0.1, -0.05) is 41.9 Å². The summed E-state index contributed by atoms with van der Waals surface area (Å²) in [5, 5.41) is 11.2. The van der Waals surface area contributed by atoms with Crippen LogP contribution in [0, 0.1) is 0 Å². The van der Waals surface area contributed by atoms with Gasteiger partial charge in [0.05, 0.1) is 26.2 Å². The Bertz CT molecular complexity index is 745. The van der Waals surface area contributed by atoms with E-state index < -0.39 is 6.10 Å².